The maximum Gasteiger partial charge on any atom is 0.306 e. The summed E-state index contributed by atoms with van der Waals surface area (Å²) in [6, 6.07) is 7.98. The van der Waals surface area contributed by atoms with Gasteiger partial charge in [0, 0.05) is 26.4 Å². The fourth-order valence-corrected chi connectivity index (χ4v) is 3.99. The topological polar surface area (TPSA) is 42.1 Å². The SMILES string of the molecule is Cc1c(-c2ccsc2CCC(=O)OC(C)(C)C)[nH]c2ccc(Cl)cc12. The number of aryl methyl sites for hydroxylation is 2. The van der Waals surface area contributed by atoms with Gasteiger partial charge in [-0.3, -0.25) is 4.79 Å². The van der Waals surface area contributed by atoms with Crippen LogP contribution in [0.4, 0.5) is 0 Å². The smallest absolute Gasteiger partial charge is 0.306 e. The Balaban J connectivity index is 1.85. The van der Waals surface area contributed by atoms with Crippen molar-refractivity contribution in [3.8, 4) is 11.3 Å². The molecule has 3 nitrogen and oxygen atoms in total. The molecule has 0 bridgehead atoms. The highest BCUT2D eigenvalue weighted by Crippen LogP contribution is 2.35. The van der Waals surface area contributed by atoms with E-state index in [1.807, 2.05) is 39.0 Å². The Morgan fingerprint density at radius 3 is 2.76 bits per heavy atom. The van der Waals surface area contributed by atoms with Crippen LogP contribution in [0.15, 0.2) is 29.6 Å². The molecule has 0 saturated carbocycles. The number of carbonyl (C=O) groups excluding carboxylic acids is 1. The lowest BCUT2D eigenvalue weighted by Crippen LogP contribution is -2.23. The highest BCUT2D eigenvalue weighted by atomic mass is 35.5. The summed E-state index contributed by atoms with van der Waals surface area (Å²) in [6.45, 7) is 7.77. The van der Waals surface area contributed by atoms with Gasteiger partial charge in [0.25, 0.3) is 0 Å². The molecule has 0 radical (unpaired) electrons. The fraction of sp³-hybridized carbons (Fsp3) is 0.350. The van der Waals surface area contributed by atoms with Gasteiger partial charge < -0.3 is 9.72 Å². The highest BCUT2D eigenvalue weighted by Gasteiger charge is 2.18. The van der Waals surface area contributed by atoms with Crippen molar-refractivity contribution >= 4 is 39.8 Å². The average molecular weight is 376 g/mol. The van der Waals surface area contributed by atoms with Gasteiger partial charge in [-0.05, 0) is 69.3 Å². The molecular formula is C20H22ClNO2S. The maximum absolute atomic E-state index is 12.0. The third-order valence-electron chi connectivity index (χ3n) is 4.01. The van der Waals surface area contributed by atoms with Crippen LogP contribution in [0.1, 0.15) is 37.6 Å². The number of fused-ring (bicyclic) bond motifs is 1. The normalized spacial score (nSPS) is 11.9. The quantitative estimate of drug-likeness (QED) is 0.557. The molecule has 25 heavy (non-hydrogen) atoms. The van der Waals surface area contributed by atoms with Crippen LogP contribution in [0.3, 0.4) is 0 Å². The summed E-state index contributed by atoms with van der Waals surface area (Å²) in [5.74, 6) is -0.160. The summed E-state index contributed by atoms with van der Waals surface area (Å²) in [4.78, 5) is 16.7. The van der Waals surface area contributed by atoms with E-state index in [2.05, 4.69) is 23.4 Å². The van der Waals surface area contributed by atoms with E-state index in [1.165, 1.54) is 10.4 Å². The minimum absolute atomic E-state index is 0.160. The van der Waals surface area contributed by atoms with Gasteiger partial charge >= 0.3 is 5.97 Å². The first kappa shape index (κ1) is 18.0. The third kappa shape index (κ3) is 4.07. The number of nitrogens with one attached hydrogen (secondary N) is 1. The van der Waals surface area contributed by atoms with Crippen LogP contribution in [0, 0.1) is 6.92 Å². The monoisotopic (exact) mass is 375 g/mol. The molecule has 0 aliphatic heterocycles. The van der Waals surface area contributed by atoms with Crippen molar-refractivity contribution in [1.29, 1.82) is 0 Å². The van der Waals surface area contributed by atoms with E-state index in [9.17, 15) is 4.79 Å². The second-order valence-electron chi connectivity index (χ2n) is 7.16. The summed E-state index contributed by atoms with van der Waals surface area (Å²) >= 11 is 7.80. The van der Waals surface area contributed by atoms with Crippen molar-refractivity contribution < 1.29 is 9.53 Å². The molecule has 0 unspecified atom stereocenters. The number of thiophene rings is 1. The zero-order valence-electron chi connectivity index (χ0n) is 14.9. The standard InChI is InChI=1S/C20H22ClNO2S/c1-12-15-11-13(21)5-6-16(15)22-19(12)14-9-10-25-17(14)7-8-18(23)24-20(2,3)4/h5-6,9-11,22H,7-8H2,1-4H3. The molecule has 3 aromatic rings. The molecule has 0 fully saturated rings. The number of H-pyrrole nitrogens is 1. The van der Waals surface area contributed by atoms with Gasteiger partial charge in [0.15, 0.2) is 0 Å². The van der Waals surface area contributed by atoms with Gasteiger partial charge in [0.2, 0.25) is 0 Å². The van der Waals surface area contributed by atoms with Crippen molar-refractivity contribution in [2.24, 2.45) is 0 Å². The Kier molecular flexibility index (Phi) is 4.94. The summed E-state index contributed by atoms with van der Waals surface area (Å²) in [5.41, 5.74) is 4.05. The zero-order valence-corrected chi connectivity index (χ0v) is 16.5. The molecule has 3 rings (SSSR count). The number of halogens is 1. The van der Waals surface area contributed by atoms with E-state index >= 15 is 0 Å². The van der Waals surface area contributed by atoms with E-state index in [0.717, 1.165) is 27.2 Å². The molecule has 0 atom stereocenters. The van der Waals surface area contributed by atoms with E-state index in [4.69, 9.17) is 16.3 Å². The molecule has 5 heteroatoms. The third-order valence-corrected chi connectivity index (χ3v) is 5.23. The molecule has 0 aliphatic carbocycles. The van der Waals surface area contributed by atoms with Crippen molar-refractivity contribution in [3.05, 3.63) is 45.1 Å². The minimum atomic E-state index is -0.442. The molecular weight excluding hydrogens is 354 g/mol. The van der Waals surface area contributed by atoms with E-state index in [-0.39, 0.29) is 5.97 Å². The van der Waals surface area contributed by atoms with E-state index < -0.39 is 5.60 Å². The van der Waals surface area contributed by atoms with Crippen LogP contribution in [-0.2, 0) is 16.0 Å². The van der Waals surface area contributed by atoms with Gasteiger partial charge in [-0.1, -0.05) is 11.6 Å². The number of carbonyl (C=O) groups is 1. The summed E-state index contributed by atoms with van der Waals surface area (Å²) in [6.07, 6.45) is 1.06. The molecule has 2 heterocycles. The lowest BCUT2D eigenvalue weighted by atomic mass is 10.1. The fourth-order valence-electron chi connectivity index (χ4n) is 2.93. The molecule has 2 aromatic heterocycles. The average Bonchev–Trinajstić information content (AvgIpc) is 3.08. The molecule has 0 spiro atoms. The second-order valence-corrected chi connectivity index (χ2v) is 8.60. The predicted octanol–water partition coefficient (Wildman–Crippen LogP) is 6.13. The van der Waals surface area contributed by atoms with Crippen molar-refractivity contribution in [2.45, 2.75) is 46.1 Å². The zero-order chi connectivity index (χ0) is 18.2. The second kappa shape index (κ2) is 6.85. The number of aromatic amines is 1. The molecule has 132 valence electrons. The van der Waals surface area contributed by atoms with Gasteiger partial charge in [-0.15, -0.1) is 11.3 Å². The van der Waals surface area contributed by atoms with E-state index in [1.54, 1.807) is 11.3 Å². The van der Waals surface area contributed by atoms with Gasteiger partial charge in [-0.2, -0.15) is 0 Å². The minimum Gasteiger partial charge on any atom is -0.460 e. The van der Waals surface area contributed by atoms with Gasteiger partial charge in [0.05, 0.1) is 12.1 Å². The van der Waals surface area contributed by atoms with Crippen LogP contribution >= 0.6 is 22.9 Å². The highest BCUT2D eigenvalue weighted by molar-refractivity contribution is 7.10. The van der Waals surface area contributed by atoms with Crippen LogP contribution in [0.25, 0.3) is 22.2 Å². The first-order chi connectivity index (χ1) is 11.7. The van der Waals surface area contributed by atoms with Gasteiger partial charge in [-0.25, -0.2) is 0 Å². The number of hydrogen-bond donors (Lipinski definition) is 1. The Bertz CT molecular complexity index is 918. The summed E-state index contributed by atoms with van der Waals surface area (Å²) in [7, 11) is 0. The number of benzene rings is 1. The predicted molar refractivity (Wildman–Crippen MR) is 106 cm³/mol. The van der Waals surface area contributed by atoms with Crippen molar-refractivity contribution in [2.75, 3.05) is 0 Å². The largest absolute Gasteiger partial charge is 0.460 e. The summed E-state index contributed by atoms with van der Waals surface area (Å²) in [5, 5.41) is 3.93. The van der Waals surface area contributed by atoms with Crippen molar-refractivity contribution in [3.63, 3.8) is 0 Å². The molecule has 0 amide bonds. The Labute approximate surface area is 157 Å². The maximum atomic E-state index is 12.0. The lowest BCUT2D eigenvalue weighted by molar-refractivity contribution is -0.154. The molecule has 0 saturated heterocycles. The number of rotatable bonds is 4. The van der Waals surface area contributed by atoms with Gasteiger partial charge in [0.1, 0.15) is 5.60 Å². The number of ether oxygens (including phenoxy) is 1. The molecule has 1 aromatic carbocycles. The first-order valence-electron chi connectivity index (χ1n) is 8.31. The Morgan fingerprint density at radius 1 is 1.28 bits per heavy atom. The Morgan fingerprint density at radius 2 is 2.04 bits per heavy atom. The van der Waals surface area contributed by atoms with Crippen LogP contribution in [0.5, 0.6) is 0 Å². The molecule has 1 N–H and O–H groups in total. The van der Waals surface area contributed by atoms with Crippen LogP contribution in [-0.4, -0.2) is 16.6 Å². The Hall–Kier alpha value is -1.78. The number of hydrogen-bond acceptors (Lipinski definition) is 3. The van der Waals surface area contributed by atoms with Crippen LogP contribution in [0.2, 0.25) is 5.02 Å². The number of esters is 1. The van der Waals surface area contributed by atoms with Crippen molar-refractivity contribution in [1.82, 2.24) is 4.98 Å². The van der Waals surface area contributed by atoms with Crippen LogP contribution < -0.4 is 0 Å². The summed E-state index contributed by atoms with van der Waals surface area (Å²) < 4.78 is 5.41. The lowest BCUT2D eigenvalue weighted by Gasteiger charge is -2.19. The first-order valence-corrected chi connectivity index (χ1v) is 9.57. The molecule has 0 aliphatic rings. The number of aromatic nitrogens is 1. The van der Waals surface area contributed by atoms with E-state index in [0.29, 0.717) is 12.8 Å².